The van der Waals surface area contributed by atoms with E-state index in [9.17, 15) is 9.79 Å². The summed E-state index contributed by atoms with van der Waals surface area (Å²) in [6.07, 6.45) is 17.7. The Morgan fingerprint density at radius 2 is 0.688 bits per heavy atom. The van der Waals surface area contributed by atoms with Gasteiger partial charge in [0.05, 0.1) is 0 Å². The van der Waals surface area contributed by atoms with Crippen LogP contribution in [-0.4, -0.2) is 46.1 Å². The molecule has 0 atom stereocenters. The summed E-state index contributed by atoms with van der Waals surface area (Å²) in [6.45, 7) is 15.9. The second-order valence-corrected chi connectivity index (χ2v) is 26.6. The van der Waals surface area contributed by atoms with Crippen molar-refractivity contribution in [3.05, 3.63) is 0 Å². The topological polar surface area (TPSA) is 55.3 Å². The zero-order chi connectivity index (χ0) is 24.9. The van der Waals surface area contributed by atoms with Crippen LogP contribution in [0.15, 0.2) is 0 Å². The fourth-order valence-corrected chi connectivity index (χ4v) is 22.5. The van der Waals surface area contributed by atoms with Crippen LogP contribution in [0.4, 0.5) is 0 Å². The molecule has 0 fully saturated rings. The van der Waals surface area contributed by atoms with Crippen molar-refractivity contribution in [1.29, 1.82) is 0 Å². The summed E-state index contributed by atoms with van der Waals surface area (Å²) in [4.78, 5) is 18.8. The molecular formula is C26H59O3PSn2. The summed E-state index contributed by atoms with van der Waals surface area (Å²) < 4.78 is 14.1. The summed E-state index contributed by atoms with van der Waals surface area (Å²) in [7, 11) is -2.60. The van der Waals surface area contributed by atoms with Gasteiger partial charge in [-0.05, 0) is 6.92 Å². The molecule has 6 heteroatoms. The van der Waals surface area contributed by atoms with E-state index in [4.69, 9.17) is 0 Å². The van der Waals surface area contributed by atoms with Gasteiger partial charge in [-0.3, -0.25) is 0 Å². The molecule has 0 aliphatic heterocycles. The molecule has 194 valence electrons. The van der Waals surface area contributed by atoms with Crippen LogP contribution in [0.1, 0.15) is 126 Å². The minimum atomic E-state index is -2.60. The normalized spacial score (nSPS) is 10.3. The molecular weight excluding hydrogens is 629 g/mol. The van der Waals surface area contributed by atoms with Gasteiger partial charge in [-0.25, -0.2) is 0 Å². The third-order valence-corrected chi connectivity index (χ3v) is 24.2. The maximum atomic E-state index is 9.41. The van der Waals surface area contributed by atoms with Crippen LogP contribution in [0.3, 0.4) is 0 Å². The molecule has 3 nitrogen and oxygen atoms in total. The fraction of sp³-hybridized carbons (Fsp3) is 1.00. The Bertz CT molecular complexity index is 249. The first-order chi connectivity index (χ1) is 15.5. The summed E-state index contributed by atoms with van der Waals surface area (Å²) in [6, 6.07) is 0. The second kappa shape index (κ2) is 35.1. The molecule has 32 heavy (non-hydrogen) atoms. The van der Waals surface area contributed by atoms with Crippen LogP contribution >= 0.6 is 8.60 Å². The number of rotatable bonds is 20. The summed E-state index contributed by atoms with van der Waals surface area (Å²) in [5.74, 6) is 0. The average Bonchev–Trinajstić information content (AvgIpc) is 2.79. The molecule has 0 aliphatic carbocycles. The predicted molar refractivity (Wildman–Crippen MR) is 148 cm³/mol. The van der Waals surface area contributed by atoms with E-state index < -0.39 is 48.1 Å². The Balaban J connectivity index is -0.000000422. The van der Waals surface area contributed by atoms with E-state index in [1.807, 2.05) is 0 Å². The van der Waals surface area contributed by atoms with E-state index in [0.717, 1.165) is 0 Å². The standard InChI is InChI=1S/6C4H9.C2H5O3P.2Sn/c6*1-3-4-2;1-2-5-6(3)4;;/h6*1,3-4H2,2H3;2H2,1H3;;/q;;;;;;-2;2*+1. The quantitative estimate of drug-likeness (QED) is 0.0951. The molecule has 0 aromatic carbocycles. The molecule has 0 spiro atoms. The van der Waals surface area contributed by atoms with Crippen LogP contribution in [0.25, 0.3) is 0 Å². The zero-order valence-corrected chi connectivity index (χ0v) is 29.7. The van der Waals surface area contributed by atoms with Gasteiger partial charge in [-0.1, -0.05) is 0 Å². The zero-order valence-electron chi connectivity index (χ0n) is 23.1. The first kappa shape index (κ1) is 38.4. The van der Waals surface area contributed by atoms with Crippen molar-refractivity contribution in [2.45, 2.75) is 152 Å². The maximum absolute atomic E-state index is 9.41. The van der Waals surface area contributed by atoms with E-state index >= 15 is 0 Å². The molecule has 0 aromatic heterocycles. The molecule has 0 unspecified atom stereocenters. The Labute approximate surface area is 219 Å². The molecule has 0 amide bonds. The number of unbranched alkanes of at least 4 members (excludes halogenated alkanes) is 6. The average molecular weight is 688 g/mol. The predicted octanol–water partition coefficient (Wildman–Crippen LogP) is 8.73. The van der Waals surface area contributed by atoms with Crippen molar-refractivity contribution in [3.63, 3.8) is 0 Å². The molecule has 0 N–H and O–H groups in total. The molecule has 0 saturated heterocycles. The summed E-state index contributed by atoms with van der Waals surface area (Å²) in [5.41, 5.74) is 0. The molecule has 0 saturated carbocycles. The first-order valence-electron chi connectivity index (χ1n) is 13.9. The third kappa shape index (κ3) is 36.5. The summed E-state index contributed by atoms with van der Waals surface area (Å²) >= 11 is -1.68. The van der Waals surface area contributed by atoms with Crippen molar-refractivity contribution in [2.75, 3.05) is 6.61 Å². The van der Waals surface area contributed by atoms with Crippen molar-refractivity contribution >= 4 is 48.1 Å². The first-order valence-corrected chi connectivity index (χ1v) is 27.1. The molecule has 0 aliphatic rings. The maximum Gasteiger partial charge on any atom is 0.0447 e. The van der Waals surface area contributed by atoms with Crippen LogP contribution in [0.5, 0.6) is 0 Å². The second-order valence-electron chi connectivity index (χ2n) is 8.76. The Morgan fingerprint density at radius 1 is 0.469 bits per heavy atom. The number of hydrogen-bond acceptors (Lipinski definition) is 3. The van der Waals surface area contributed by atoms with Crippen molar-refractivity contribution < 1.29 is 14.3 Å². The Kier molecular flexibility index (Phi) is 42.1. The largest absolute Gasteiger partial charge is 0.820 e. The fourth-order valence-electron chi connectivity index (χ4n) is 3.42. The van der Waals surface area contributed by atoms with E-state index in [1.165, 1.54) is 77.0 Å². The van der Waals surface area contributed by atoms with Crippen LogP contribution in [0, 0.1) is 0 Å². The van der Waals surface area contributed by atoms with Crippen LogP contribution in [0.2, 0.25) is 26.6 Å². The minimum Gasteiger partial charge on any atom is -0.820 e. The van der Waals surface area contributed by atoms with Gasteiger partial charge >= 0.3 is 185 Å². The smallest absolute Gasteiger partial charge is 0.0447 e. The van der Waals surface area contributed by atoms with E-state index in [1.54, 1.807) is 33.5 Å². The van der Waals surface area contributed by atoms with Crippen molar-refractivity contribution in [2.24, 2.45) is 0 Å². The molecule has 0 radical (unpaired) electrons. The number of hydrogen-bond donors (Lipinski definition) is 0. The van der Waals surface area contributed by atoms with Gasteiger partial charge in [-0.15, -0.1) is 0 Å². The molecule has 0 bridgehead atoms. The van der Waals surface area contributed by atoms with Gasteiger partial charge < -0.3 is 14.3 Å². The van der Waals surface area contributed by atoms with Gasteiger partial charge in [0.2, 0.25) is 0 Å². The van der Waals surface area contributed by atoms with Gasteiger partial charge in [0.1, 0.15) is 0 Å². The van der Waals surface area contributed by atoms with Gasteiger partial charge in [-0.2, -0.15) is 8.60 Å². The van der Waals surface area contributed by atoms with Gasteiger partial charge in [0.25, 0.3) is 0 Å². The Morgan fingerprint density at radius 3 is 0.781 bits per heavy atom. The van der Waals surface area contributed by atoms with Crippen LogP contribution in [-0.2, 0) is 4.52 Å². The van der Waals surface area contributed by atoms with Crippen molar-refractivity contribution in [3.8, 4) is 0 Å². The SMILES string of the molecule is CCC[CH2][Sn+]([CH2]CCC)[CH2]CCC.CCC[CH2][Sn+]([CH2]CCC)[CH2]CCC.CCOP([O-])[O-]. The van der Waals surface area contributed by atoms with Gasteiger partial charge in [0, 0.05) is 6.61 Å². The van der Waals surface area contributed by atoms with E-state index in [-0.39, 0.29) is 6.61 Å². The molecule has 0 aromatic rings. The van der Waals surface area contributed by atoms with E-state index in [0.29, 0.717) is 0 Å². The third-order valence-electron chi connectivity index (χ3n) is 5.54. The Hall–Kier alpha value is 1.91. The van der Waals surface area contributed by atoms with Gasteiger partial charge in [0.15, 0.2) is 0 Å². The van der Waals surface area contributed by atoms with E-state index in [2.05, 4.69) is 46.1 Å². The monoisotopic (exact) mass is 690 g/mol. The minimum absolute atomic E-state index is 0.235. The summed E-state index contributed by atoms with van der Waals surface area (Å²) in [5, 5.41) is 0. The molecule has 0 rings (SSSR count). The van der Waals surface area contributed by atoms with Crippen LogP contribution < -0.4 is 9.79 Å². The molecule has 0 heterocycles. The van der Waals surface area contributed by atoms with Crippen molar-refractivity contribution in [1.82, 2.24) is 0 Å².